The van der Waals surface area contributed by atoms with Crippen LogP contribution in [0.1, 0.15) is 11.1 Å². The van der Waals surface area contributed by atoms with E-state index in [0.717, 1.165) is 0 Å². The maximum absolute atomic E-state index is 3.70. The summed E-state index contributed by atoms with van der Waals surface area (Å²) >= 11 is 3.70. The lowest BCUT2D eigenvalue weighted by molar-refractivity contribution is 0.955. The lowest BCUT2D eigenvalue weighted by Gasteiger charge is -2.03. The molecule has 70 valence electrons. The first kappa shape index (κ1) is 8.49. The molecule has 1 aliphatic rings. The molecule has 0 aromatic heterocycles. The summed E-state index contributed by atoms with van der Waals surface area (Å²) in [5, 5.41) is 2.81. The van der Waals surface area contributed by atoms with E-state index in [9.17, 15) is 0 Å². The van der Waals surface area contributed by atoms with E-state index >= 15 is 0 Å². The Morgan fingerprint density at radius 3 is 2.79 bits per heavy atom. The Kier molecular flexibility index (Phi) is 1.88. The van der Waals surface area contributed by atoms with Gasteiger partial charge >= 0.3 is 0 Å². The summed E-state index contributed by atoms with van der Waals surface area (Å²) in [6, 6.07) is 13.2. The van der Waals surface area contributed by atoms with Gasteiger partial charge in [-0.1, -0.05) is 52.3 Å². The Morgan fingerprint density at radius 2 is 1.86 bits per heavy atom. The molecule has 0 heterocycles. The number of hydrogen-bond donors (Lipinski definition) is 0. The summed E-state index contributed by atoms with van der Waals surface area (Å²) in [6.07, 6.45) is 2.36. The molecule has 1 unspecified atom stereocenters. The molecule has 0 radical (unpaired) electrons. The van der Waals surface area contributed by atoms with Gasteiger partial charge in [0.25, 0.3) is 0 Å². The predicted octanol–water partition coefficient (Wildman–Crippen LogP) is 3.70. The molecule has 0 saturated heterocycles. The van der Waals surface area contributed by atoms with Crippen LogP contribution in [0.15, 0.2) is 36.4 Å². The molecule has 0 aliphatic heterocycles. The van der Waals surface area contributed by atoms with Crippen LogP contribution in [0.4, 0.5) is 0 Å². The Balaban J connectivity index is 2.33. The fraction of sp³-hybridized carbons (Fsp3) is 0.231. The maximum atomic E-state index is 3.70. The molecule has 3 rings (SSSR count). The van der Waals surface area contributed by atoms with E-state index in [-0.39, 0.29) is 0 Å². The second kappa shape index (κ2) is 3.09. The third-order valence-corrected chi connectivity index (χ3v) is 3.65. The van der Waals surface area contributed by atoms with Crippen LogP contribution in [0.2, 0.25) is 0 Å². The highest BCUT2D eigenvalue weighted by atomic mass is 79.9. The summed E-state index contributed by atoms with van der Waals surface area (Å²) in [5.74, 6) is 0. The molecular formula is C13H11Br. The molecule has 0 fully saturated rings. The first-order valence-electron chi connectivity index (χ1n) is 4.98. The van der Waals surface area contributed by atoms with Gasteiger partial charge in [0.2, 0.25) is 0 Å². The normalized spacial score (nSPS) is 19.9. The number of halogens is 1. The van der Waals surface area contributed by atoms with Gasteiger partial charge in [0, 0.05) is 4.83 Å². The molecule has 1 aliphatic carbocycles. The SMILES string of the molecule is BrC1Cc2ccc3ccccc3c2C1. The number of hydrogen-bond acceptors (Lipinski definition) is 0. The van der Waals surface area contributed by atoms with Crippen LogP contribution in [0, 0.1) is 0 Å². The van der Waals surface area contributed by atoms with Crippen molar-refractivity contribution in [3.8, 4) is 0 Å². The van der Waals surface area contributed by atoms with Gasteiger partial charge in [-0.05, 0) is 34.7 Å². The Labute approximate surface area is 92.1 Å². The molecule has 1 atom stereocenters. The molecule has 0 N–H and O–H groups in total. The zero-order chi connectivity index (χ0) is 9.54. The van der Waals surface area contributed by atoms with Crippen molar-refractivity contribution < 1.29 is 0 Å². The number of alkyl halides is 1. The van der Waals surface area contributed by atoms with Crippen molar-refractivity contribution in [2.24, 2.45) is 0 Å². The summed E-state index contributed by atoms with van der Waals surface area (Å²) < 4.78 is 0. The minimum Gasteiger partial charge on any atom is -0.0883 e. The molecule has 0 spiro atoms. The van der Waals surface area contributed by atoms with Crippen LogP contribution in [0.3, 0.4) is 0 Å². The van der Waals surface area contributed by atoms with Crippen molar-refractivity contribution >= 4 is 26.7 Å². The fourth-order valence-electron chi connectivity index (χ4n) is 2.35. The van der Waals surface area contributed by atoms with Gasteiger partial charge in [0.05, 0.1) is 0 Å². The number of fused-ring (bicyclic) bond motifs is 3. The standard InChI is InChI=1S/C13H11Br/c14-11-7-10-6-5-9-3-1-2-4-12(9)13(10)8-11/h1-6,11H,7-8H2. The average molecular weight is 247 g/mol. The monoisotopic (exact) mass is 246 g/mol. The highest BCUT2D eigenvalue weighted by Crippen LogP contribution is 2.32. The third-order valence-electron chi connectivity index (χ3n) is 3.00. The Morgan fingerprint density at radius 1 is 1.00 bits per heavy atom. The van der Waals surface area contributed by atoms with Crippen molar-refractivity contribution in [3.63, 3.8) is 0 Å². The van der Waals surface area contributed by atoms with Crippen LogP contribution >= 0.6 is 15.9 Å². The predicted molar refractivity (Wildman–Crippen MR) is 64.1 cm³/mol. The van der Waals surface area contributed by atoms with E-state index in [0.29, 0.717) is 4.83 Å². The molecular weight excluding hydrogens is 236 g/mol. The molecule has 14 heavy (non-hydrogen) atoms. The summed E-state index contributed by atoms with van der Waals surface area (Å²) in [7, 11) is 0. The lowest BCUT2D eigenvalue weighted by atomic mass is 10.0. The molecule has 1 heteroatoms. The smallest absolute Gasteiger partial charge is 0.0226 e. The van der Waals surface area contributed by atoms with Crippen LogP contribution in [-0.4, -0.2) is 4.83 Å². The average Bonchev–Trinajstić information content (AvgIpc) is 2.59. The molecule has 0 amide bonds. The van der Waals surface area contributed by atoms with Crippen molar-refractivity contribution in [1.82, 2.24) is 0 Å². The van der Waals surface area contributed by atoms with E-state index in [1.54, 1.807) is 5.56 Å². The molecule has 0 bridgehead atoms. The third kappa shape index (κ3) is 1.19. The molecule has 0 saturated carbocycles. The second-order valence-electron chi connectivity index (χ2n) is 3.93. The van der Waals surface area contributed by atoms with Gasteiger partial charge in [-0.2, -0.15) is 0 Å². The van der Waals surface area contributed by atoms with Gasteiger partial charge in [0.1, 0.15) is 0 Å². The number of benzene rings is 2. The molecule has 2 aromatic rings. The zero-order valence-corrected chi connectivity index (χ0v) is 9.42. The summed E-state index contributed by atoms with van der Waals surface area (Å²) in [4.78, 5) is 0.642. The topological polar surface area (TPSA) is 0 Å². The van der Waals surface area contributed by atoms with Crippen molar-refractivity contribution in [2.45, 2.75) is 17.7 Å². The molecule has 2 aromatic carbocycles. The first-order chi connectivity index (χ1) is 6.84. The van der Waals surface area contributed by atoms with E-state index < -0.39 is 0 Å². The number of rotatable bonds is 0. The Hall–Kier alpha value is -0.820. The van der Waals surface area contributed by atoms with Gasteiger partial charge in [0.15, 0.2) is 0 Å². The van der Waals surface area contributed by atoms with Crippen LogP contribution < -0.4 is 0 Å². The van der Waals surface area contributed by atoms with E-state index in [1.807, 2.05) is 0 Å². The summed E-state index contributed by atoms with van der Waals surface area (Å²) in [5.41, 5.74) is 3.07. The largest absolute Gasteiger partial charge is 0.0883 e. The zero-order valence-electron chi connectivity index (χ0n) is 7.83. The van der Waals surface area contributed by atoms with Crippen molar-refractivity contribution in [2.75, 3.05) is 0 Å². The van der Waals surface area contributed by atoms with Crippen molar-refractivity contribution in [1.29, 1.82) is 0 Å². The minimum absolute atomic E-state index is 0.642. The highest BCUT2D eigenvalue weighted by Gasteiger charge is 2.20. The van der Waals surface area contributed by atoms with Crippen molar-refractivity contribution in [3.05, 3.63) is 47.5 Å². The quantitative estimate of drug-likeness (QED) is 0.622. The van der Waals surface area contributed by atoms with E-state index in [4.69, 9.17) is 0 Å². The van der Waals surface area contributed by atoms with Gasteiger partial charge in [-0.25, -0.2) is 0 Å². The van der Waals surface area contributed by atoms with Crippen LogP contribution in [0.5, 0.6) is 0 Å². The van der Waals surface area contributed by atoms with Gasteiger partial charge in [-0.3, -0.25) is 0 Å². The lowest BCUT2D eigenvalue weighted by Crippen LogP contribution is -1.93. The van der Waals surface area contributed by atoms with E-state index in [2.05, 4.69) is 52.3 Å². The summed E-state index contributed by atoms with van der Waals surface area (Å²) in [6.45, 7) is 0. The van der Waals surface area contributed by atoms with Gasteiger partial charge in [-0.15, -0.1) is 0 Å². The first-order valence-corrected chi connectivity index (χ1v) is 5.90. The molecule has 0 nitrogen and oxygen atoms in total. The maximum Gasteiger partial charge on any atom is 0.0226 e. The van der Waals surface area contributed by atoms with E-state index in [1.165, 1.54) is 29.2 Å². The minimum atomic E-state index is 0.642. The Bertz CT molecular complexity index is 488. The second-order valence-corrected chi connectivity index (χ2v) is 5.22. The highest BCUT2D eigenvalue weighted by molar-refractivity contribution is 9.09. The van der Waals surface area contributed by atoms with Crippen LogP contribution in [-0.2, 0) is 12.8 Å². The van der Waals surface area contributed by atoms with Crippen LogP contribution in [0.25, 0.3) is 10.8 Å². The van der Waals surface area contributed by atoms with Gasteiger partial charge < -0.3 is 0 Å². The fourth-order valence-corrected chi connectivity index (χ4v) is 3.02.